The standard InChI is InChI=1S/C10H7NO3/c12-10(13)7-3-1-4-8-9(7)11-5-2-6-14-8/h1-6H,(H,12,13). The van der Waals surface area contributed by atoms with Crippen LogP contribution in [0.3, 0.4) is 0 Å². The van der Waals surface area contributed by atoms with Crippen LogP contribution in [-0.4, -0.2) is 17.3 Å². The van der Waals surface area contributed by atoms with Gasteiger partial charge in [-0.2, -0.15) is 0 Å². The second-order valence-electron chi connectivity index (χ2n) is 2.68. The van der Waals surface area contributed by atoms with E-state index in [1.165, 1.54) is 18.5 Å². The van der Waals surface area contributed by atoms with Gasteiger partial charge in [0.05, 0.1) is 11.8 Å². The van der Waals surface area contributed by atoms with Gasteiger partial charge in [0, 0.05) is 6.21 Å². The van der Waals surface area contributed by atoms with Crippen molar-refractivity contribution < 1.29 is 14.6 Å². The number of para-hydroxylation sites is 1. The molecule has 14 heavy (non-hydrogen) atoms. The molecule has 0 bridgehead atoms. The summed E-state index contributed by atoms with van der Waals surface area (Å²) in [4.78, 5) is 14.8. The number of benzene rings is 1. The van der Waals surface area contributed by atoms with Crippen LogP contribution in [0.2, 0.25) is 0 Å². The van der Waals surface area contributed by atoms with E-state index in [0.29, 0.717) is 11.4 Å². The van der Waals surface area contributed by atoms with Crippen molar-refractivity contribution in [3.8, 4) is 5.75 Å². The van der Waals surface area contributed by atoms with Gasteiger partial charge in [0.2, 0.25) is 0 Å². The number of rotatable bonds is 1. The molecule has 4 heteroatoms. The first kappa shape index (κ1) is 8.50. The molecule has 2 rings (SSSR count). The van der Waals surface area contributed by atoms with Crippen molar-refractivity contribution in [1.82, 2.24) is 0 Å². The van der Waals surface area contributed by atoms with Crippen LogP contribution in [0.15, 0.2) is 35.5 Å². The highest BCUT2D eigenvalue weighted by atomic mass is 16.5. The lowest BCUT2D eigenvalue weighted by molar-refractivity contribution is 0.0697. The summed E-state index contributed by atoms with van der Waals surface area (Å²) in [5, 5.41) is 8.88. The van der Waals surface area contributed by atoms with Gasteiger partial charge < -0.3 is 9.84 Å². The Bertz CT molecular complexity index is 435. The number of aliphatic imine (C=N–C) groups is 1. The molecule has 1 aromatic carbocycles. The number of carboxylic acids is 1. The molecule has 0 spiro atoms. The smallest absolute Gasteiger partial charge is 0.338 e. The molecule has 1 aromatic rings. The lowest BCUT2D eigenvalue weighted by atomic mass is 10.1. The van der Waals surface area contributed by atoms with Gasteiger partial charge in [-0.05, 0) is 18.2 Å². The molecule has 0 aromatic heterocycles. The van der Waals surface area contributed by atoms with E-state index >= 15 is 0 Å². The number of hydrogen-bond donors (Lipinski definition) is 1. The summed E-state index contributed by atoms with van der Waals surface area (Å²) in [5.74, 6) is -0.556. The molecule has 0 aliphatic carbocycles. The molecule has 0 unspecified atom stereocenters. The Kier molecular flexibility index (Phi) is 2.02. The monoisotopic (exact) mass is 189 g/mol. The molecule has 1 aliphatic heterocycles. The van der Waals surface area contributed by atoms with Crippen molar-refractivity contribution in [1.29, 1.82) is 0 Å². The fourth-order valence-electron chi connectivity index (χ4n) is 1.19. The summed E-state index contributed by atoms with van der Waals surface area (Å²) in [6.45, 7) is 0. The molecular formula is C10H7NO3. The number of aromatic carboxylic acids is 1. The van der Waals surface area contributed by atoms with Gasteiger partial charge in [0.1, 0.15) is 5.69 Å². The maximum Gasteiger partial charge on any atom is 0.338 e. The van der Waals surface area contributed by atoms with Crippen molar-refractivity contribution in [2.45, 2.75) is 0 Å². The van der Waals surface area contributed by atoms with Crippen LogP contribution < -0.4 is 4.74 Å². The third-order valence-corrected chi connectivity index (χ3v) is 1.79. The van der Waals surface area contributed by atoms with Gasteiger partial charge in [-0.25, -0.2) is 4.79 Å². The Hall–Kier alpha value is -2.10. The van der Waals surface area contributed by atoms with Gasteiger partial charge in [-0.15, -0.1) is 0 Å². The van der Waals surface area contributed by atoms with Crippen LogP contribution in [0.25, 0.3) is 0 Å². The quantitative estimate of drug-likeness (QED) is 0.734. The lowest BCUT2D eigenvalue weighted by Crippen LogP contribution is -1.97. The van der Waals surface area contributed by atoms with Crippen LogP contribution in [-0.2, 0) is 0 Å². The van der Waals surface area contributed by atoms with E-state index in [4.69, 9.17) is 9.84 Å². The van der Waals surface area contributed by atoms with Crippen molar-refractivity contribution >= 4 is 17.9 Å². The summed E-state index contributed by atoms with van der Waals surface area (Å²) in [6.07, 6.45) is 4.56. The number of nitrogens with zero attached hydrogens (tertiary/aromatic N) is 1. The summed E-state index contributed by atoms with van der Waals surface area (Å²) >= 11 is 0. The Balaban J connectivity index is 2.61. The number of carboxylic acid groups (broad SMARTS) is 1. The van der Waals surface area contributed by atoms with Gasteiger partial charge in [0.25, 0.3) is 0 Å². The van der Waals surface area contributed by atoms with Crippen molar-refractivity contribution in [3.63, 3.8) is 0 Å². The number of ether oxygens (including phenoxy) is 1. The molecule has 0 saturated carbocycles. The number of hydrogen-bond acceptors (Lipinski definition) is 3. The Morgan fingerprint density at radius 1 is 1.43 bits per heavy atom. The number of allylic oxidation sites excluding steroid dienone is 1. The third kappa shape index (κ3) is 1.37. The van der Waals surface area contributed by atoms with Crippen molar-refractivity contribution in [3.05, 3.63) is 36.1 Å². The SMILES string of the molecule is O=C(O)c1cccc2c1N=CC=CO2. The lowest BCUT2D eigenvalue weighted by Gasteiger charge is -2.05. The van der Waals surface area contributed by atoms with Crippen LogP contribution in [0.4, 0.5) is 5.69 Å². The molecule has 0 atom stereocenters. The van der Waals surface area contributed by atoms with E-state index < -0.39 is 5.97 Å². The molecule has 0 radical (unpaired) electrons. The topological polar surface area (TPSA) is 58.9 Å². The van der Waals surface area contributed by atoms with Gasteiger partial charge in [-0.3, -0.25) is 4.99 Å². The minimum atomic E-state index is -1.01. The van der Waals surface area contributed by atoms with E-state index in [1.54, 1.807) is 18.2 Å². The van der Waals surface area contributed by atoms with Gasteiger partial charge in [0.15, 0.2) is 5.75 Å². The predicted molar refractivity (Wildman–Crippen MR) is 51.3 cm³/mol. The Morgan fingerprint density at radius 3 is 3.07 bits per heavy atom. The van der Waals surface area contributed by atoms with Crippen LogP contribution in [0, 0.1) is 0 Å². The van der Waals surface area contributed by atoms with Crippen molar-refractivity contribution in [2.75, 3.05) is 0 Å². The minimum Gasteiger partial charge on any atom is -0.478 e. The molecule has 0 fully saturated rings. The zero-order valence-corrected chi connectivity index (χ0v) is 7.18. The largest absolute Gasteiger partial charge is 0.478 e. The van der Waals surface area contributed by atoms with E-state index in [-0.39, 0.29) is 5.56 Å². The Labute approximate surface area is 80.2 Å². The zero-order chi connectivity index (χ0) is 9.97. The maximum absolute atomic E-state index is 10.8. The fourth-order valence-corrected chi connectivity index (χ4v) is 1.19. The van der Waals surface area contributed by atoms with Gasteiger partial charge in [-0.1, -0.05) is 6.07 Å². The number of fused-ring (bicyclic) bond motifs is 1. The first-order chi connectivity index (χ1) is 6.79. The maximum atomic E-state index is 10.8. The van der Waals surface area contributed by atoms with Crippen LogP contribution in [0.1, 0.15) is 10.4 Å². The van der Waals surface area contributed by atoms with Crippen molar-refractivity contribution in [2.24, 2.45) is 4.99 Å². The molecule has 70 valence electrons. The number of carbonyl (C=O) groups is 1. The molecule has 0 saturated heterocycles. The average molecular weight is 189 g/mol. The van der Waals surface area contributed by atoms with E-state index in [0.717, 1.165) is 0 Å². The third-order valence-electron chi connectivity index (χ3n) is 1.79. The molecule has 1 N–H and O–H groups in total. The second kappa shape index (κ2) is 3.33. The highest BCUT2D eigenvalue weighted by Gasteiger charge is 2.14. The first-order valence-corrected chi connectivity index (χ1v) is 4.01. The highest BCUT2D eigenvalue weighted by molar-refractivity contribution is 5.96. The second-order valence-corrected chi connectivity index (χ2v) is 2.68. The van der Waals surface area contributed by atoms with E-state index in [9.17, 15) is 4.79 Å². The molecule has 1 heterocycles. The van der Waals surface area contributed by atoms with E-state index in [1.807, 2.05) is 0 Å². The summed E-state index contributed by atoms with van der Waals surface area (Å²) in [5.41, 5.74) is 0.493. The minimum absolute atomic E-state index is 0.141. The molecular weight excluding hydrogens is 182 g/mol. The average Bonchev–Trinajstić information content (AvgIpc) is 2.41. The zero-order valence-electron chi connectivity index (χ0n) is 7.18. The molecule has 1 aliphatic rings. The fraction of sp³-hybridized carbons (Fsp3) is 0. The predicted octanol–water partition coefficient (Wildman–Crippen LogP) is 1.99. The Morgan fingerprint density at radius 2 is 2.29 bits per heavy atom. The normalized spacial score (nSPS) is 12.9. The molecule has 0 amide bonds. The summed E-state index contributed by atoms with van der Waals surface area (Å²) in [7, 11) is 0. The summed E-state index contributed by atoms with van der Waals surface area (Å²) < 4.78 is 5.17. The van der Waals surface area contributed by atoms with E-state index in [2.05, 4.69) is 4.99 Å². The summed E-state index contributed by atoms with van der Waals surface area (Å²) in [6, 6.07) is 4.79. The van der Waals surface area contributed by atoms with Crippen LogP contribution in [0.5, 0.6) is 5.75 Å². The highest BCUT2D eigenvalue weighted by Crippen LogP contribution is 2.32. The first-order valence-electron chi connectivity index (χ1n) is 4.01. The molecule has 4 nitrogen and oxygen atoms in total. The van der Waals surface area contributed by atoms with Gasteiger partial charge >= 0.3 is 5.97 Å². The van der Waals surface area contributed by atoms with Crippen LogP contribution >= 0.6 is 0 Å².